The predicted octanol–water partition coefficient (Wildman–Crippen LogP) is 5.14. The lowest BCUT2D eigenvalue weighted by atomic mass is 10.1. The third-order valence-electron chi connectivity index (χ3n) is 6.98. The molecule has 2 aliphatic rings. The number of halogens is 4. The number of alkyl halides is 3. The lowest BCUT2D eigenvalue weighted by Crippen LogP contribution is -2.46. The summed E-state index contributed by atoms with van der Waals surface area (Å²) in [7, 11) is 1.35. The number of fused-ring (bicyclic) bond motifs is 1. The number of nitrogens with zero attached hydrogens (tertiary/aromatic N) is 3. The van der Waals surface area contributed by atoms with Crippen LogP contribution in [0, 0.1) is 0 Å². The molecule has 1 amide bonds. The molecule has 0 radical (unpaired) electrons. The van der Waals surface area contributed by atoms with Crippen LogP contribution in [0.3, 0.4) is 0 Å². The van der Waals surface area contributed by atoms with Crippen LogP contribution in [-0.2, 0) is 28.8 Å². The van der Waals surface area contributed by atoms with Crippen LogP contribution in [0.1, 0.15) is 52.7 Å². The minimum absolute atomic E-state index is 0. The van der Waals surface area contributed by atoms with Gasteiger partial charge in [0.25, 0.3) is 0 Å². The number of anilines is 1. The second kappa shape index (κ2) is 12.6. The van der Waals surface area contributed by atoms with Gasteiger partial charge in [-0.25, -0.2) is 4.79 Å². The minimum atomic E-state index is -4.33. The van der Waals surface area contributed by atoms with E-state index < -0.39 is 11.7 Å². The molecular weight excluding hydrogens is 507 g/mol. The number of methoxy groups -OCH3 is 1. The molecule has 2 heterocycles. The number of carbonyl (C=O) groups is 2. The molecular formula is C27H33ClF3N3O3. The van der Waals surface area contributed by atoms with Gasteiger partial charge in [0.05, 0.1) is 18.2 Å². The predicted molar refractivity (Wildman–Crippen MR) is 138 cm³/mol. The van der Waals surface area contributed by atoms with E-state index in [2.05, 4.69) is 4.90 Å². The van der Waals surface area contributed by atoms with Crippen LogP contribution in [0.5, 0.6) is 0 Å². The Labute approximate surface area is 221 Å². The first kappa shape index (κ1) is 28.8. The molecule has 202 valence electrons. The number of hydrogen-bond donors (Lipinski definition) is 0. The van der Waals surface area contributed by atoms with E-state index in [0.717, 1.165) is 56.1 Å². The van der Waals surface area contributed by atoms with Crippen LogP contribution in [0.4, 0.5) is 18.9 Å². The second-order valence-electron chi connectivity index (χ2n) is 9.41. The number of benzene rings is 2. The van der Waals surface area contributed by atoms with E-state index in [1.165, 1.54) is 19.2 Å². The van der Waals surface area contributed by atoms with E-state index in [9.17, 15) is 22.8 Å². The highest BCUT2D eigenvalue weighted by molar-refractivity contribution is 5.89. The van der Waals surface area contributed by atoms with Gasteiger partial charge in [0.15, 0.2) is 0 Å². The van der Waals surface area contributed by atoms with Crippen LogP contribution >= 0.6 is 12.4 Å². The fraction of sp³-hybridized carbons (Fsp3) is 0.481. The van der Waals surface area contributed by atoms with E-state index >= 15 is 0 Å². The molecule has 0 bridgehead atoms. The maximum absolute atomic E-state index is 13.0. The average Bonchev–Trinajstić information content (AvgIpc) is 3.31. The standard InChI is InChI=1S/C27H32F3N3O3.ClH/c1-36-26(35)20-9-10-21-18-33(19-22(21)16-20)25(34)8-3-2-4-11-31-12-14-32(15-13-31)24-7-5-6-23(17-24)27(28,29)30;/h5-7,9-10,16-17H,2-4,8,11-15,18-19H2,1H3;1H. The van der Waals surface area contributed by atoms with E-state index in [1.54, 1.807) is 18.2 Å². The lowest BCUT2D eigenvalue weighted by molar-refractivity contribution is -0.137. The molecule has 0 spiro atoms. The summed E-state index contributed by atoms with van der Waals surface area (Å²) in [5.41, 5.74) is 2.58. The smallest absolute Gasteiger partial charge is 0.416 e. The Kier molecular flexibility index (Phi) is 9.84. The summed E-state index contributed by atoms with van der Waals surface area (Å²) in [5.74, 6) is -0.250. The van der Waals surface area contributed by atoms with Crippen molar-refractivity contribution < 1.29 is 27.5 Å². The molecule has 0 aliphatic carbocycles. The van der Waals surface area contributed by atoms with E-state index in [4.69, 9.17) is 4.74 Å². The summed E-state index contributed by atoms with van der Waals surface area (Å²) in [4.78, 5) is 30.6. The number of ether oxygens (including phenoxy) is 1. The molecule has 1 fully saturated rings. The van der Waals surface area contributed by atoms with Crippen LogP contribution < -0.4 is 4.90 Å². The molecule has 1 saturated heterocycles. The number of unbranched alkanes of at least 4 members (excludes halogenated alkanes) is 2. The van der Waals surface area contributed by atoms with Crippen LogP contribution in [-0.4, -0.2) is 61.5 Å². The Balaban J connectivity index is 0.00000380. The summed E-state index contributed by atoms with van der Waals surface area (Å²) in [6.07, 6.45) is -1.07. The van der Waals surface area contributed by atoms with Gasteiger partial charge in [0, 0.05) is 51.4 Å². The number of rotatable bonds is 8. The van der Waals surface area contributed by atoms with Crippen molar-refractivity contribution in [1.29, 1.82) is 0 Å². The summed E-state index contributed by atoms with van der Waals surface area (Å²) in [6, 6.07) is 11.0. The molecule has 0 unspecified atom stereocenters. The van der Waals surface area contributed by atoms with Crippen molar-refractivity contribution in [2.45, 2.75) is 44.9 Å². The normalized spacial score (nSPS) is 15.8. The lowest BCUT2D eigenvalue weighted by Gasteiger charge is -2.36. The fourth-order valence-corrected chi connectivity index (χ4v) is 4.87. The molecule has 0 N–H and O–H groups in total. The highest BCUT2D eigenvalue weighted by atomic mass is 35.5. The van der Waals surface area contributed by atoms with Crippen molar-refractivity contribution in [2.24, 2.45) is 0 Å². The molecule has 4 rings (SSSR count). The largest absolute Gasteiger partial charge is 0.465 e. The van der Waals surface area contributed by atoms with E-state index in [1.807, 2.05) is 15.9 Å². The number of esters is 1. The molecule has 2 aromatic carbocycles. The molecule has 0 saturated carbocycles. The minimum Gasteiger partial charge on any atom is -0.465 e. The van der Waals surface area contributed by atoms with Crippen molar-refractivity contribution >= 4 is 30.0 Å². The molecule has 2 aromatic rings. The van der Waals surface area contributed by atoms with Crippen molar-refractivity contribution in [3.8, 4) is 0 Å². The first-order valence-corrected chi connectivity index (χ1v) is 12.4. The summed E-state index contributed by atoms with van der Waals surface area (Å²) < 4.78 is 43.7. The number of amides is 1. The Bertz CT molecular complexity index is 1090. The first-order valence-electron chi connectivity index (χ1n) is 12.4. The van der Waals surface area contributed by atoms with Gasteiger partial charge in [0.1, 0.15) is 0 Å². The quantitative estimate of drug-likeness (QED) is 0.343. The Morgan fingerprint density at radius 2 is 1.65 bits per heavy atom. The maximum atomic E-state index is 13.0. The van der Waals surface area contributed by atoms with Crippen molar-refractivity contribution in [3.05, 3.63) is 64.7 Å². The highest BCUT2D eigenvalue weighted by Crippen LogP contribution is 2.32. The summed E-state index contributed by atoms with van der Waals surface area (Å²) >= 11 is 0. The van der Waals surface area contributed by atoms with E-state index in [0.29, 0.717) is 43.9 Å². The molecule has 10 heteroatoms. The Hall–Kier alpha value is -2.78. The van der Waals surface area contributed by atoms with Gasteiger partial charge >= 0.3 is 12.1 Å². The zero-order valence-electron chi connectivity index (χ0n) is 20.9. The van der Waals surface area contributed by atoms with Crippen LogP contribution in [0.25, 0.3) is 0 Å². The van der Waals surface area contributed by atoms with Crippen molar-refractivity contribution in [1.82, 2.24) is 9.80 Å². The maximum Gasteiger partial charge on any atom is 0.416 e. The zero-order chi connectivity index (χ0) is 25.7. The van der Waals surface area contributed by atoms with Crippen molar-refractivity contribution in [2.75, 3.05) is 44.7 Å². The summed E-state index contributed by atoms with van der Waals surface area (Å²) in [5, 5.41) is 0. The van der Waals surface area contributed by atoms with Gasteiger partial charge in [-0.05, 0) is 60.8 Å². The Morgan fingerprint density at radius 3 is 2.35 bits per heavy atom. The van der Waals surface area contributed by atoms with E-state index in [-0.39, 0.29) is 24.3 Å². The Morgan fingerprint density at radius 1 is 0.919 bits per heavy atom. The molecule has 0 aromatic heterocycles. The van der Waals surface area contributed by atoms with Gasteiger partial charge in [0.2, 0.25) is 5.91 Å². The summed E-state index contributed by atoms with van der Waals surface area (Å²) in [6.45, 7) is 5.06. The first-order chi connectivity index (χ1) is 17.2. The third kappa shape index (κ3) is 7.38. The highest BCUT2D eigenvalue weighted by Gasteiger charge is 2.31. The van der Waals surface area contributed by atoms with Crippen LogP contribution in [0.2, 0.25) is 0 Å². The van der Waals surface area contributed by atoms with Gasteiger partial charge in [-0.1, -0.05) is 18.6 Å². The monoisotopic (exact) mass is 539 g/mol. The van der Waals surface area contributed by atoms with Gasteiger partial charge in [-0.3, -0.25) is 9.69 Å². The third-order valence-corrected chi connectivity index (χ3v) is 6.98. The fourth-order valence-electron chi connectivity index (χ4n) is 4.87. The number of piperazine rings is 1. The molecule has 6 nitrogen and oxygen atoms in total. The number of hydrogen-bond acceptors (Lipinski definition) is 5. The van der Waals surface area contributed by atoms with Crippen LogP contribution in [0.15, 0.2) is 42.5 Å². The van der Waals surface area contributed by atoms with Gasteiger partial charge < -0.3 is 14.5 Å². The van der Waals surface area contributed by atoms with Gasteiger partial charge in [-0.2, -0.15) is 13.2 Å². The number of carbonyl (C=O) groups excluding carboxylic acids is 2. The zero-order valence-corrected chi connectivity index (χ0v) is 21.7. The molecule has 0 atom stereocenters. The van der Waals surface area contributed by atoms with Gasteiger partial charge in [-0.15, -0.1) is 12.4 Å². The second-order valence-corrected chi connectivity index (χ2v) is 9.41. The topological polar surface area (TPSA) is 53.1 Å². The molecule has 2 aliphatic heterocycles. The van der Waals surface area contributed by atoms with Crippen molar-refractivity contribution in [3.63, 3.8) is 0 Å². The average molecular weight is 540 g/mol. The SMILES string of the molecule is COC(=O)c1ccc2c(c1)CN(C(=O)CCCCCN1CCN(c3cccc(C(F)(F)F)c3)CC1)C2.Cl. The molecule has 37 heavy (non-hydrogen) atoms.